The maximum absolute atomic E-state index is 12.9. The third-order valence-corrected chi connectivity index (χ3v) is 7.02. The van der Waals surface area contributed by atoms with Crippen molar-refractivity contribution in [2.45, 2.75) is 38.5 Å². The fraction of sp³-hybridized carbons (Fsp3) is 0.526. The van der Waals surface area contributed by atoms with Gasteiger partial charge in [0, 0.05) is 4.88 Å². The van der Waals surface area contributed by atoms with E-state index in [0.717, 1.165) is 37.7 Å². The number of carbonyl (C=O) groups excluding carboxylic acids is 1. The highest BCUT2D eigenvalue weighted by atomic mass is 32.1. The lowest BCUT2D eigenvalue weighted by atomic mass is 9.82. The van der Waals surface area contributed by atoms with E-state index in [9.17, 15) is 20.0 Å². The van der Waals surface area contributed by atoms with Crippen LogP contribution in [0, 0.1) is 35.0 Å². The maximum Gasteiger partial charge on any atom is 0.307 e. The summed E-state index contributed by atoms with van der Waals surface area (Å²) >= 11 is 1.50. The number of allylic oxidation sites excluding steroid dienone is 2. The van der Waals surface area contributed by atoms with Crippen molar-refractivity contribution in [1.82, 2.24) is 0 Å². The Kier molecular flexibility index (Phi) is 4.12. The number of hydrogen-bond acceptors (Lipinski definition) is 4. The fourth-order valence-corrected chi connectivity index (χ4v) is 5.90. The minimum Gasteiger partial charge on any atom is -0.481 e. The predicted molar refractivity (Wildman–Crippen MR) is 94.3 cm³/mol. The summed E-state index contributed by atoms with van der Waals surface area (Å²) in [5.41, 5.74) is 1.67. The number of nitrogens with zero attached hydrogens (tertiary/aromatic N) is 1. The monoisotopic (exact) mass is 356 g/mol. The number of aliphatic carboxylic acids is 1. The number of nitriles is 1. The molecule has 3 aliphatic rings. The number of amides is 1. The van der Waals surface area contributed by atoms with Gasteiger partial charge in [-0.1, -0.05) is 18.6 Å². The maximum atomic E-state index is 12.9. The average molecular weight is 356 g/mol. The van der Waals surface area contributed by atoms with Gasteiger partial charge in [0.2, 0.25) is 5.91 Å². The highest BCUT2D eigenvalue weighted by Gasteiger charge is 2.51. The molecule has 1 aromatic rings. The van der Waals surface area contributed by atoms with Crippen LogP contribution in [0.3, 0.4) is 0 Å². The Morgan fingerprint density at radius 2 is 1.88 bits per heavy atom. The minimum absolute atomic E-state index is 0.00516. The molecule has 1 heterocycles. The Balaban J connectivity index is 1.60. The van der Waals surface area contributed by atoms with Crippen LogP contribution in [0.1, 0.15) is 41.7 Å². The number of fused-ring (bicyclic) bond motifs is 3. The van der Waals surface area contributed by atoms with Gasteiger partial charge in [-0.05, 0) is 49.5 Å². The van der Waals surface area contributed by atoms with Crippen LogP contribution in [0.15, 0.2) is 12.2 Å². The Morgan fingerprint density at radius 1 is 1.16 bits per heavy atom. The number of nitrogens with one attached hydrogen (secondary N) is 1. The molecule has 130 valence electrons. The lowest BCUT2D eigenvalue weighted by Gasteiger charge is -2.23. The van der Waals surface area contributed by atoms with E-state index < -0.39 is 17.8 Å². The lowest BCUT2D eigenvalue weighted by molar-refractivity contribution is -0.146. The lowest BCUT2D eigenvalue weighted by Crippen LogP contribution is -2.36. The first kappa shape index (κ1) is 16.3. The molecule has 4 atom stereocenters. The van der Waals surface area contributed by atoms with Crippen molar-refractivity contribution in [2.24, 2.45) is 23.7 Å². The van der Waals surface area contributed by atoms with Crippen LogP contribution in [0.2, 0.25) is 0 Å². The van der Waals surface area contributed by atoms with Gasteiger partial charge in [-0.2, -0.15) is 5.26 Å². The molecule has 4 rings (SSSR count). The molecule has 0 spiro atoms. The number of carboxylic acids is 1. The van der Waals surface area contributed by atoms with Gasteiger partial charge in [0.15, 0.2) is 0 Å². The van der Waals surface area contributed by atoms with Crippen LogP contribution >= 0.6 is 11.3 Å². The average Bonchev–Trinajstić information content (AvgIpc) is 3.23. The first-order valence-electron chi connectivity index (χ1n) is 8.86. The van der Waals surface area contributed by atoms with Crippen LogP contribution in [0.5, 0.6) is 0 Å². The Bertz CT molecular complexity index is 804. The summed E-state index contributed by atoms with van der Waals surface area (Å²) in [5.74, 6) is -2.40. The molecule has 0 saturated heterocycles. The number of thiophene rings is 1. The highest BCUT2D eigenvalue weighted by molar-refractivity contribution is 7.16. The molecule has 1 aromatic heterocycles. The molecule has 0 radical (unpaired) electrons. The van der Waals surface area contributed by atoms with Crippen molar-refractivity contribution in [2.75, 3.05) is 5.32 Å². The zero-order valence-electron chi connectivity index (χ0n) is 13.8. The summed E-state index contributed by atoms with van der Waals surface area (Å²) in [6, 6.07) is 2.26. The molecule has 2 bridgehead atoms. The topological polar surface area (TPSA) is 90.2 Å². The Labute approximate surface area is 150 Å². The van der Waals surface area contributed by atoms with Crippen molar-refractivity contribution < 1.29 is 14.7 Å². The second kappa shape index (κ2) is 6.30. The van der Waals surface area contributed by atoms with Gasteiger partial charge in [0.05, 0.1) is 17.4 Å². The van der Waals surface area contributed by atoms with E-state index >= 15 is 0 Å². The van der Waals surface area contributed by atoms with Gasteiger partial charge in [0.1, 0.15) is 11.1 Å². The van der Waals surface area contributed by atoms with Gasteiger partial charge in [-0.15, -0.1) is 11.3 Å². The number of aryl methyl sites for hydroxylation is 1. The van der Waals surface area contributed by atoms with Crippen LogP contribution in [0.25, 0.3) is 0 Å². The van der Waals surface area contributed by atoms with E-state index in [1.807, 2.05) is 12.2 Å². The molecule has 1 fully saturated rings. The summed E-state index contributed by atoms with van der Waals surface area (Å²) in [5, 5.41) is 22.6. The van der Waals surface area contributed by atoms with E-state index in [4.69, 9.17) is 0 Å². The van der Waals surface area contributed by atoms with E-state index in [-0.39, 0.29) is 17.7 Å². The molecule has 0 unspecified atom stereocenters. The smallest absolute Gasteiger partial charge is 0.307 e. The van der Waals surface area contributed by atoms with Crippen LogP contribution < -0.4 is 5.32 Å². The van der Waals surface area contributed by atoms with Gasteiger partial charge < -0.3 is 10.4 Å². The Morgan fingerprint density at radius 3 is 2.60 bits per heavy atom. The first-order chi connectivity index (χ1) is 12.1. The molecule has 3 aliphatic carbocycles. The molecule has 25 heavy (non-hydrogen) atoms. The van der Waals surface area contributed by atoms with Crippen molar-refractivity contribution in [1.29, 1.82) is 5.26 Å². The van der Waals surface area contributed by atoms with Crippen LogP contribution in [-0.4, -0.2) is 17.0 Å². The molecular formula is C19H20N2O3S. The molecule has 1 amide bonds. The number of rotatable bonds is 3. The highest BCUT2D eigenvalue weighted by Crippen LogP contribution is 2.49. The summed E-state index contributed by atoms with van der Waals surface area (Å²) in [6.07, 6.45) is 9.85. The molecule has 5 nitrogen and oxygen atoms in total. The predicted octanol–water partition coefficient (Wildman–Crippen LogP) is 3.35. The largest absolute Gasteiger partial charge is 0.481 e. The summed E-state index contributed by atoms with van der Waals surface area (Å²) in [7, 11) is 0. The number of hydrogen-bond donors (Lipinski definition) is 2. The van der Waals surface area contributed by atoms with Gasteiger partial charge in [0.25, 0.3) is 0 Å². The summed E-state index contributed by atoms with van der Waals surface area (Å²) < 4.78 is 0. The van der Waals surface area contributed by atoms with Crippen molar-refractivity contribution >= 4 is 28.2 Å². The number of carboxylic acid groups (broad SMARTS) is 1. The minimum atomic E-state index is -0.903. The van der Waals surface area contributed by atoms with Gasteiger partial charge >= 0.3 is 5.97 Å². The van der Waals surface area contributed by atoms with E-state index in [0.29, 0.717) is 10.6 Å². The molecule has 0 aliphatic heterocycles. The summed E-state index contributed by atoms with van der Waals surface area (Å²) in [4.78, 5) is 25.7. The number of anilines is 1. The second-order valence-corrected chi connectivity index (χ2v) is 8.31. The second-order valence-electron chi connectivity index (χ2n) is 7.21. The summed E-state index contributed by atoms with van der Waals surface area (Å²) in [6.45, 7) is 0. The van der Waals surface area contributed by atoms with E-state index in [1.165, 1.54) is 22.6 Å². The van der Waals surface area contributed by atoms with Crippen LogP contribution in [-0.2, 0) is 22.4 Å². The zero-order chi connectivity index (χ0) is 17.6. The number of carbonyl (C=O) groups is 2. The Hall–Kier alpha value is -2.13. The van der Waals surface area contributed by atoms with Crippen molar-refractivity contribution in [3.63, 3.8) is 0 Å². The van der Waals surface area contributed by atoms with E-state index in [2.05, 4.69) is 11.4 Å². The molecular weight excluding hydrogens is 336 g/mol. The van der Waals surface area contributed by atoms with Gasteiger partial charge in [-0.3, -0.25) is 9.59 Å². The van der Waals surface area contributed by atoms with Crippen molar-refractivity contribution in [3.8, 4) is 6.07 Å². The van der Waals surface area contributed by atoms with Crippen LogP contribution in [0.4, 0.5) is 5.00 Å². The molecule has 2 N–H and O–H groups in total. The normalized spacial score (nSPS) is 29.7. The third-order valence-electron chi connectivity index (χ3n) is 5.82. The standard InChI is InChI=1S/C19H20N2O3S/c20-9-13-12-4-2-1-3-5-14(12)25-18(13)21-17(22)15-10-6-7-11(8-10)16(15)19(23)24/h6-7,10-11,15-16H,1-5,8H2,(H,21,22)(H,23,24)/t10-,11-,15+,16-/m0/s1. The molecule has 6 heteroatoms. The van der Waals surface area contributed by atoms with E-state index in [1.54, 1.807) is 0 Å². The van der Waals surface area contributed by atoms with Crippen molar-refractivity contribution in [3.05, 3.63) is 28.2 Å². The molecule has 0 aromatic carbocycles. The first-order valence-corrected chi connectivity index (χ1v) is 9.68. The fourth-order valence-electron chi connectivity index (χ4n) is 4.66. The third kappa shape index (κ3) is 2.67. The van der Waals surface area contributed by atoms with Gasteiger partial charge in [-0.25, -0.2) is 0 Å². The zero-order valence-corrected chi connectivity index (χ0v) is 14.6. The SMILES string of the molecule is N#Cc1c(NC(=O)[C@H]2[C@@H](C(=O)O)[C@H]3C=C[C@H]2C3)sc2c1CCCCC2. The quantitative estimate of drug-likeness (QED) is 0.642. The molecule has 1 saturated carbocycles.